The molecule has 1 unspecified atom stereocenters. The van der Waals surface area contributed by atoms with E-state index in [0.717, 1.165) is 5.75 Å². The first-order chi connectivity index (χ1) is 16.8. The van der Waals surface area contributed by atoms with Crippen LogP contribution < -0.4 is 20.1 Å². The molecule has 186 valence electrons. The summed E-state index contributed by atoms with van der Waals surface area (Å²) < 4.78 is 16.5. The topological polar surface area (TPSA) is 106 Å². The molecule has 0 radical (unpaired) electrons. The number of thiocarbonyl (C=S) groups is 1. The van der Waals surface area contributed by atoms with Crippen LogP contribution in [0, 0.1) is 0 Å². The third-order valence-corrected chi connectivity index (χ3v) is 5.34. The first-order valence-electron chi connectivity index (χ1n) is 11.3. The van der Waals surface area contributed by atoms with Gasteiger partial charge in [0.25, 0.3) is 5.91 Å². The first kappa shape index (κ1) is 26.0. The summed E-state index contributed by atoms with van der Waals surface area (Å²) in [5.74, 6) is -0.0498. The van der Waals surface area contributed by atoms with Crippen molar-refractivity contribution < 1.29 is 28.6 Å². The largest absolute Gasteiger partial charge is 0.490 e. The fourth-order valence-corrected chi connectivity index (χ4v) is 3.74. The predicted molar refractivity (Wildman–Crippen MR) is 133 cm³/mol. The molecule has 1 fully saturated rings. The standard InChI is InChI=1S/C25H29N3O6S/c1-17(2)34-22(29)16-21-24(31)26-11-12-28(21)25(35)27-23(30)18-7-6-10-20(15-18)33-14-13-32-19-8-4-3-5-9-19/h3-10,15,17,21H,11-14,16H2,1-2H3,(H,26,31)(H,27,30,35). The van der Waals surface area contributed by atoms with Gasteiger partial charge in [0.15, 0.2) is 5.11 Å². The van der Waals surface area contributed by atoms with E-state index in [0.29, 0.717) is 37.6 Å². The summed E-state index contributed by atoms with van der Waals surface area (Å²) >= 11 is 5.40. The highest BCUT2D eigenvalue weighted by Gasteiger charge is 2.34. The van der Waals surface area contributed by atoms with E-state index in [9.17, 15) is 14.4 Å². The van der Waals surface area contributed by atoms with Crippen molar-refractivity contribution in [1.29, 1.82) is 0 Å². The number of nitrogens with zero attached hydrogens (tertiary/aromatic N) is 1. The fraction of sp³-hybridized carbons (Fsp3) is 0.360. The average molecular weight is 500 g/mol. The van der Waals surface area contributed by atoms with Crippen LogP contribution in [0.2, 0.25) is 0 Å². The van der Waals surface area contributed by atoms with Gasteiger partial charge in [0.1, 0.15) is 30.8 Å². The number of nitrogens with one attached hydrogen (secondary N) is 2. The third-order valence-electron chi connectivity index (χ3n) is 5.00. The second kappa shape index (κ2) is 12.7. The first-order valence-corrected chi connectivity index (χ1v) is 11.7. The van der Waals surface area contributed by atoms with Gasteiger partial charge >= 0.3 is 5.97 Å². The maximum absolute atomic E-state index is 12.8. The van der Waals surface area contributed by atoms with Crippen molar-refractivity contribution in [2.75, 3.05) is 26.3 Å². The molecule has 0 spiro atoms. The Balaban J connectivity index is 1.55. The number of carbonyl (C=O) groups is 3. The summed E-state index contributed by atoms with van der Waals surface area (Å²) in [5.41, 5.74) is 0.339. The Morgan fingerprint density at radius 1 is 1.09 bits per heavy atom. The lowest BCUT2D eigenvalue weighted by atomic mass is 10.1. The Kier molecular flexibility index (Phi) is 9.42. The van der Waals surface area contributed by atoms with Crippen molar-refractivity contribution >= 4 is 35.1 Å². The molecule has 2 amide bonds. The van der Waals surface area contributed by atoms with Crippen LogP contribution in [0.5, 0.6) is 11.5 Å². The molecular weight excluding hydrogens is 470 g/mol. The van der Waals surface area contributed by atoms with Crippen LogP contribution in [0.4, 0.5) is 0 Å². The molecule has 9 nitrogen and oxygen atoms in total. The highest BCUT2D eigenvalue weighted by Crippen LogP contribution is 2.15. The molecule has 0 saturated carbocycles. The number of amides is 2. The maximum Gasteiger partial charge on any atom is 0.308 e. The Bertz CT molecular complexity index is 1050. The van der Waals surface area contributed by atoms with Crippen molar-refractivity contribution in [3.8, 4) is 11.5 Å². The SMILES string of the molecule is CC(C)OC(=O)CC1C(=O)NCCN1C(=S)NC(=O)c1cccc(OCCOc2ccccc2)c1. The van der Waals surface area contributed by atoms with Crippen molar-refractivity contribution in [2.24, 2.45) is 0 Å². The molecule has 1 aliphatic rings. The molecule has 2 aromatic rings. The minimum absolute atomic E-state index is 0.0646. The molecule has 3 rings (SSSR count). The zero-order valence-electron chi connectivity index (χ0n) is 19.7. The Morgan fingerprint density at radius 2 is 1.77 bits per heavy atom. The highest BCUT2D eigenvalue weighted by molar-refractivity contribution is 7.80. The van der Waals surface area contributed by atoms with Gasteiger partial charge < -0.3 is 24.4 Å². The average Bonchev–Trinajstić information content (AvgIpc) is 2.83. The number of benzene rings is 2. The van der Waals surface area contributed by atoms with Crippen LogP contribution in [0.25, 0.3) is 0 Å². The monoisotopic (exact) mass is 499 g/mol. The Morgan fingerprint density at radius 3 is 2.49 bits per heavy atom. The predicted octanol–water partition coefficient (Wildman–Crippen LogP) is 2.30. The van der Waals surface area contributed by atoms with Gasteiger partial charge in [-0.25, -0.2) is 0 Å². The minimum Gasteiger partial charge on any atom is -0.490 e. The summed E-state index contributed by atoms with van der Waals surface area (Å²) in [7, 11) is 0. The summed E-state index contributed by atoms with van der Waals surface area (Å²) in [6.07, 6.45) is -0.470. The summed E-state index contributed by atoms with van der Waals surface area (Å²) in [4.78, 5) is 38.9. The van der Waals surface area contributed by atoms with Gasteiger partial charge in [-0.2, -0.15) is 0 Å². The van der Waals surface area contributed by atoms with E-state index in [-0.39, 0.29) is 23.5 Å². The van der Waals surface area contributed by atoms with E-state index in [1.54, 1.807) is 38.1 Å². The van der Waals surface area contributed by atoms with Gasteiger partial charge in [0.05, 0.1) is 12.5 Å². The van der Waals surface area contributed by atoms with E-state index in [4.69, 9.17) is 26.4 Å². The van der Waals surface area contributed by atoms with Crippen LogP contribution in [0.1, 0.15) is 30.6 Å². The number of ether oxygens (including phenoxy) is 3. The van der Waals surface area contributed by atoms with Gasteiger partial charge in [-0.1, -0.05) is 24.3 Å². The van der Waals surface area contributed by atoms with E-state index in [1.807, 2.05) is 30.3 Å². The molecule has 1 atom stereocenters. The van der Waals surface area contributed by atoms with E-state index >= 15 is 0 Å². The van der Waals surface area contributed by atoms with Crippen LogP contribution in [-0.2, 0) is 14.3 Å². The number of rotatable bonds is 9. The summed E-state index contributed by atoms with van der Waals surface area (Å²) in [6.45, 7) is 4.82. The molecule has 0 aromatic heterocycles. The molecule has 1 heterocycles. The number of hydrogen-bond acceptors (Lipinski definition) is 7. The fourth-order valence-electron chi connectivity index (χ4n) is 3.43. The van der Waals surface area contributed by atoms with Gasteiger partial charge in [-0.15, -0.1) is 0 Å². The van der Waals surface area contributed by atoms with Gasteiger partial charge in [-0.3, -0.25) is 19.7 Å². The van der Waals surface area contributed by atoms with E-state index < -0.39 is 17.9 Å². The molecule has 0 aliphatic carbocycles. The number of para-hydroxylation sites is 1. The zero-order valence-corrected chi connectivity index (χ0v) is 20.5. The van der Waals surface area contributed by atoms with Gasteiger partial charge in [0, 0.05) is 18.7 Å². The molecule has 10 heteroatoms. The van der Waals surface area contributed by atoms with Crippen molar-refractivity contribution in [3.63, 3.8) is 0 Å². The third kappa shape index (κ3) is 7.96. The van der Waals surface area contributed by atoms with Crippen LogP contribution in [0.15, 0.2) is 54.6 Å². The molecule has 2 aromatic carbocycles. The molecular formula is C25H29N3O6S. The molecule has 1 aliphatic heterocycles. The van der Waals surface area contributed by atoms with Gasteiger partial charge in [0.2, 0.25) is 5.91 Å². The van der Waals surface area contributed by atoms with Crippen molar-refractivity contribution in [3.05, 3.63) is 60.2 Å². The van der Waals surface area contributed by atoms with Crippen molar-refractivity contribution in [1.82, 2.24) is 15.5 Å². The minimum atomic E-state index is -0.859. The van der Waals surface area contributed by atoms with E-state index in [1.165, 1.54) is 4.90 Å². The van der Waals surface area contributed by atoms with Crippen LogP contribution in [-0.4, -0.2) is 66.2 Å². The van der Waals surface area contributed by atoms with E-state index in [2.05, 4.69) is 10.6 Å². The zero-order chi connectivity index (χ0) is 25.2. The molecule has 2 N–H and O–H groups in total. The van der Waals surface area contributed by atoms with Crippen LogP contribution in [0.3, 0.4) is 0 Å². The normalized spacial score (nSPS) is 15.2. The number of esters is 1. The molecule has 35 heavy (non-hydrogen) atoms. The Hall–Kier alpha value is -3.66. The van der Waals surface area contributed by atoms with Crippen molar-refractivity contribution in [2.45, 2.75) is 32.4 Å². The molecule has 0 bridgehead atoms. The lowest BCUT2D eigenvalue weighted by Crippen LogP contribution is -2.60. The lowest BCUT2D eigenvalue weighted by molar-refractivity contribution is -0.150. The second-order valence-electron chi connectivity index (χ2n) is 8.04. The number of piperazine rings is 1. The Labute approximate surface area is 209 Å². The lowest BCUT2D eigenvalue weighted by Gasteiger charge is -2.36. The quantitative estimate of drug-likeness (QED) is 0.308. The number of carbonyl (C=O) groups excluding carboxylic acids is 3. The summed E-state index contributed by atoms with van der Waals surface area (Å²) in [5, 5.41) is 5.43. The summed E-state index contributed by atoms with van der Waals surface area (Å²) in [6, 6.07) is 15.2. The van der Waals surface area contributed by atoms with Gasteiger partial charge in [-0.05, 0) is 56.4 Å². The highest BCUT2D eigenvalue weighted by atomic mass is 32.1. The smallest absolute Gasteiger partial charge is 0.308 e. The number of hydrogen-bond donors (Lipinski definition) is 2. The second-order valence-corrected chi connectivity index (χ2v) is 8.43. The molecule has 1 saturated heterocycles. The maximum atomic E-state index is 12.8. The van der Waals surface area contributed by atoms with Crippen LogP contribution >= 0.6 is 12.2 Å².